The standard InChI is InChI=1S/C12H9ClFNO3/c1-5-3-7(13)11(14)10(6(5)2)8-4-9(12(16)17)18-15-8/h3-4H,1-2H3,(H,16,17). The fraction of sp³-hybridized carbons (Fsp3) is 0.167. The smallest absolute Gasteiger partial charge is 0.374 e. The van der Waals surface area contributed by atoms with Gasteiger partial charge in [0, 0.05) is 11.6 Å². The first kappa shape index (κ1) is 12.6. The highest BCUT2D eigenvalue weighted by atomic mass is 35.5. The van der Waals surface area contributed by atoms with Crippen molar-refractivity contribution in [3.63, 3.8) is 0 Å². The molecule has 0 aliphatic carbocycles. The minimum Gasteiger partial charge on any atom is -0.475 e. The lowest BCUT2D eigenvalue weighted by molar-refractivity contribution is 0.0652. The van der Waals surface area contributed by atoms with Gasteiger partial charge in [0.15, 0.2) is 5.82 Å². The molecule has 0 aliphatic rings. The monoisotopic (exact) mass is 269 g/mol. The van der Waals surface area contributed by atoms with Crippen molar-refractivity contribution in [1.82, 2.24) is 5.16 Å². The number of carbonyl (C=O) groups is 1. The van der Waals surface area contributed by atoms with E-state index >= 15 is 0 Å². The maximum absolute atomic E-state index is 14.0. The largest absolute Gasteiger partial charge is 0.475 e. The first-order chi connectivity index (χ1) is 8.41. The maximum atomic E-state index is 14.0. The zero-order valence-electron chi connectivity index (χ0n) is 9.62. The molecular weight excluding hydrogens is 261 g/mol. The Kier molecular flexibility index (Phi) is 3.09. The zero-order chi connectivity index (χ0) is 13.4. The fourth-order valence-electron chi connectivity index (χ4n) is 1.64. The average molecular weight is 270 g/mol. The van der Waals surface area contributed by atoms with Gasteiger partial charge in [0.2, 0.25) is 5.76 Å². The molecule has 1 aromatic heterocycles. The second-order valence-corrected chi connectivity index (χ2v) is 4.28. The second kappa shape index (κ2) is 4.42. The summed E-state index contributed by atoms with van der Waals surface area (Å²) in [5, 5.41) is 12.3. The molecule has 0 amide bonds. The van der Waals surface area contributed by atoms with E-state index in [1.807, 2.05) is 0 Å². The van der Waals surface area contributed by atoms with Crippen LogP contribution in [0.3, 0.4) is 0 Å². The van der Waals surface area contributed by atoms with Crippen LogP contribution in [0, 0.1) is 19.7 Å². The lowest BCUT2D eigenvalue weighted by Gasteiger charge is -2.08. The van der Waals surface area contributed by atoms with Crippen LogP contribution in [0.2, 0.25) is 5.02 Å². The van der Waals surface area contributed by atoms with Gasteiger partial charge in [-0.25, -0.2) is 9.18 Å². The number of benzene rings is 1. The summed E-state index contributed by atoms with van der Waals surface area (Å²) in [5.41, 5.74) is 1.71. The fourth-order valence-corrected chi connectivity index (χ4v) is 1.90. The van der Waals surface area contributed by atoms with Crippen LogP contribution in [-0.4, -0.2) is 16.2 Å². The third kappa shape index (κ3) is 1.97. The SMILES string of the molecule is Cc1cc(Cl)c(F)c(-c2cc(C(=O)O)on2)c1C. The molecule has 0 radical (unpaired) electrons. The number of rotatable bonds is 2. The van der Waals surface area contributed by atoms with Gasteiger partial charge in [-0.1, -0.05) is 16.8 Å². The molecule has 0 saturated heterocycles. The Labute approximate surface area is 107 Å². The number of aromatic carboxylic acids is 1. The van der Waals surface area contributed by atoms with E-state index in [0.717, 1.165) is 5.56 Å². The van der Waals surface area contributed by atoms with E-state index < -0.39 is 11.8 Å². The highest BCUT2D eigenvalue weighted by Crippen LogP contribution is 2.32. The molecule has 2 rings (SSSR count). The number of carboxylic acids is 1. The molecule has 0 unspecified atom stereocenters. The van der Waals surface area contributed by atoms with Crippen molar-refractivity contribution >= 4 is 17.6 Å². The summed E-state index contributed by atoms with van der Waals surface area (Å²) in [4.78, 5) is 10.7. The predicted octanol–water partition coefficient (Wildman–Crippen LogP) is 3.45. The van der Waals surface area contributed by atoms with Crippen LogP contribution >= 0.6 is 11.6 Å². The quantitative estimate of drug-likeness (QED) is 0.907. The van der Waals surface area contributed by atoms with Crippen molar-refractivity contribution in [3.05, 3.63) is 39.9 Å². The Bertz CT molecular complexity index is 610. The Hall–Kier alpha value is -1.88. The second-order valence-electron chi connectivity index (χ2n) is 3.87. The van der Waals surface area contributed by atoms with Gasteiger partial charge >= 0.3 is 5.97 Å². The van der Waals surface area contributed by atoms with E-state index in [-0.39, 0.29) is 22.0 Å². The number of hydrogen-bond acceptors (Lipinski definition) is 3. The summed E-state index contributed by atoms with van der Waals surface area (Å²) >= 11 is 5.76. The molecule has 1 heterocycles. The number of hydrogen-bond donors (Lipinski definition) is 1. The number of halogens is 2. The molecule has 2 aromatic rings. The molecule has 0 saturated carbocycles. The van der Waals surface area contributed by atoms with Gasteiger partial charge in [-0.2, -0.15) is 0 Å². The highest BCUT2D eigenvalue weighted by Gasteiger charge is 2.20. The molecule has 4 nitrogen and oxygen atoms in total. The summed E-state index contributed by atoms with van der Waals surface area (Å²) < 4.78 is 18.6. The highest BCUT2D eigenvalue weighted by molar-refractivity contribution is 6.31. The van der Waals surface area contributed by atoms with Crippen molar-refractivity contribution < 1.29 is 18.8 Å². The third-order valence-electron chi connectivity index (χ3n) is 2.72. The van der Waals surface area contributed by atoms with Crippen molar-refractivity contribution in [2.75, 3.05) is 0 Å². The van der Waals surface area contributed by atoms with Crippen LogP contribution in [0.25, 0.3) is 11.3 Å². The first-order valence-corrected chi connectivity index (χ1v) is 5.45. The lowest BCUT2D eigenvalue weighted by atomic mass is 10.00. The maximum Gasteiger partial charge on any atom is 0.374 e. The van der Waals surface area contributed by atoms with E-state index in [4.69, 9.17) is 16.7 Å². The molecule has 1 aromatic carbocycles. The van der Waals surface area contributed by atoms with E-state index in [2.05, 4.69) is 9.68 Å². The first-order valence-electron chi connectivity index (χ1n) is 5.07. The van der Waals surface area contributed by atoms with E-state index in [0.29, 0.717) is 5.56 Å². The number of nitrogens with zero attached hydrogens (tertiary/aromatic N) is 1. The number of carboxylic acid groups (broad SMARTS) is 1. The van der Waals surface area contributed by atoms with Crippen LogP contribution < -0.4 is 0 Å². The molecule has 0 atom stereocenters. The Balaban J connectivity index is 2.66. The molecule has 0 aliphatic heterocycles. The normalized spacial score (nSPS) is 10.7. The summed E-state index contributed by atoms with van der Waals surface area (Å²) in [5.74, 6) is -2.24. The van der Waals surface area contributed by atoms with E-state index in [9.17, 15) is 9.18 Å². The van der Waals surface area contributed by atoms with Crippen molar-refractivity contribution in [2.45, 2.75) is 13.8 Å². The summed E-state index contributed by atoms with van der Waals surface area (Å²) in [6.45, 7) is 3.49. The topological polar surface area (TPSA) is 63.3 Å². The van der Waals surface area contributed by atoms with Crippen molar-refractivity contribution in [3.8, 4) is 11.3 Å². The Morgan fingerprint density at radius 2 is 2.11 bits per heavy atom. The third-order valence-corrected chi connectivity index (χ3v) is 2.99. The molecule has 0 bridgehead atoms. The average Bonchev–Trinajstić information content (AvgIpc) is 2.76. The molecule has 94 valence electrons. The van der Waals surface area contributed by atoms with Crippen LogP contribution in [0.15, 0.2) is 16.7 Å². The summed E-state index contributed by atoms with van der Waals surface area (Å²) in [7, 11) is 0. The molecule has 0 fully saturated rings. The van der Waals surface area contributed by atoms with Crippen molar-refractivity contribution in [1.29, 1.82) is 0 Å². The van der Waals surface area contributed by atoms with E-state index in [1.165, 1.54) is 12.1 Å². The Morgan fingerprint density at radius 3 is 2.67 bits per heavy atom. The minimum absolute atomic E-state index is 0.0343. The minimum atomic E-state index is -1.26. The van der Waals surface area contributed by atoms with Gasteiger partial charge in [-0.05, 0) is 31.0 Å². The Morgan fingerprint density at radius 1 is 1.44 bits per heavy atom. The molecule has 6 heteroatoms. The van der Waals surface area contributed by atoms with Gasteiger partial charge in [0.1, 0.15) is 5.69 Å². The van der Waals surface area contributed by atoms with Crippen LogP contribution in [0.4, 0.5) is 4.39 Å². The van der Waals surface area contributed by atoms with Gasteiger partial charge in [0.25, 0.3) is 0 Å². The van der Waals surface area contributed by atoms with Gasteiger partial charge in [-0.15, -0.1) is 0 Å². The zero-order valence-corrected chi connectivity index (χ0v) is 10.4. The lowest BCUT2D eigenvalue weighted by Crippen LogP contribution is -1.94. The molecule has 0 spiro atoms. The van der Waals surface area contributed by atoms with Gasteiger partial charge in [-0.3, -0.25) is 0 Å². The summed E-state index contributed by atoms with van der Waals surface area (Å²) in [6.07, 6.45) is 0. The van der Waals surface area contributed by atoms with Gasteiger partial charge < -0.3 is 9.63 Å². The molecule has 18 heavy (non-hydrogen) atoms. The van der Waals surface area contributed by atoms with Crippen molar-refractivity contribution in [2.24, 2.45) is 0 Å². The summed E-state index contributed by atoms with van der Waals surface area (Å²) in [6, 6.07) is 2.68. The molecule has 1 N–H and O–H groups in total. The van der Waals surface area contributed by atoms with Crippen LogP contribution in [-0.2, 0) is 0 Å². The predicted molar refractivity (Wildman–Crippen MR) is 63.3 cm³/mol. The number of aryl methyl sites for hydroxylation is 1. The molecular formula is C12H9ClFNO3. The van der Waals surface area contributed by atoms with Crippen LogP contribution in [0.1, 0.15) is 21.7 Å². The number of aromatic nitrogens is 1. The van der Waals surface area contributed by atoms with Crippen LogP contribution in [0.5, 0.6) is 0 Å². The van der Waals surface area contributed by atoms with E-state index in [1.54, 1.807) is 13.8 Å². The van der Waals surface area contributed by atoms with Gasteiger partial charge in [0.05, 0.1) is 5.02 Å².